The molecule has 10 nitrogen and oxygen atoms in total. The molecule has 2 amide bonds. The number of ether oxygens (including phenoxy) is 1. The van der Waals surface area contributed by atoms with Crippen LogP contribution in [0.25, 0.3) is 0 Å². The smallest absolute Gasteiger partial charge is 0.293 e. The maximum absolute atomic E-state index is 12.4. The molecule has 1 aromatic heterocycles. The first-order valence-electron chi connectivity index (χ1n) is 9.56. The molecule has 3 rings (SSSR count). The highest BCUT2D eigenvalue weighted by Crippen LogP contribution is 2.29. The number of rotatable bonds is 7. The van der Waals surface area contributed by atoms with E-state index >= 15 is 0 Å². The van der Waals surface area contributed by atoms with E-state index in [4.69, 9.17) is 4.74 Å². The second kappa shape index (κ2) is 9.79. The largest absolute Gasteiger partial charge is 0.378 e. The van der Waals surface area contributed by atoms with Crippen LogP contribution < -0.4 is 15.5 Å². The van der Waals surface area contributed by atoms with Gasteiger partial charge in [-0.1, -0.05) is 0 Å². The maximum atomic E-state index is 12.4. The number of morpholine rings is 1. The van der Waals surface area contributed by atoms with Gasteiger partial charge in [-0.15, -0.1) is 0 Å². The third-order valence-corrected chi connectivity index (χ3v) is 4.66. The summed E-state index contributed by atoms with van der Waals surface area (Å²) < 4.78 is 5.28. The lowest BCUT2D eigenvalue weighted by Crippen LogP contribution is -2.37. The summed E-state index contributed by atoms with van der Waals surface area (Å²) in [6.07, 6.45) is 1.48. The zero-order valence-electron chi connectivity index (χ0n) is 16.6. The van der Waals surface area contributed by atoms with E-state index in [1.807, 2.05) is 11.8 Å². The lowest BCUT2D eigenvalue weighted by molar-refractivity contribution is -0.384. The summed E-state index contributed by atoms with van der Waals surface area (Å²) in [6.45, 7) is 4.35. The number of carbonyl (C=O) groups excluding carboxylic acids is 2. The Kier molecular flexibility index (Phi) is 6.91. The minimum absolute atomic E-state index is 0.121. The fourth-order valence-corrected chi connectivity index (χ4v) is 3.04. The Morgan fingerprint density at radius 2 is 1.73 bits per heavy atom. The number of nitro benzene ring substituents is 1. The van der Waals surface area contributed by atoms with Gasteiger partial charge < -0.3 is 20.3 Å². The zero-order valence-corrected chi connectivity index (χ0v) is 16.6. The van der Waals surface area contributed by atoms with Gasteiger partial charge in [0.05, 0.1) is 23.7 Å². The van der Waals surface area contributed by atoms with Gasteiger partial charge in [0.25, 0.3) is 17.5 Å². The predicted molar refractivity (Wildman–Crippen MR) is 110 cm³/mol. The van der Waals surface area contributed by atoms with Gasteiger partial charge >= 0.3 is 0 Å². The summed E-state index contributed by atoms with van der Waals surface area (Å²) >= 11 is 0. The number of hydrogen-bond donors (Lipinski definition) is 2. The third kappa shape index (κ3) is 5.29. The number of aromatic nitrogens is 1. The summed E-state index contributed by atoms with van der Waals surface area (Å²) in [4.78, 5) is 41.3. The molecule has 2 N–H and O–H groups in total. The molecular weight excluding hydrogens is 390 g/mol. The van der Waals surface area contributed by atoms with Gasteiger partial charge in [0.2, 0.25) is 0 Å². The molecule has 2 aromatic rings. The van der Waals surface area contributed by atoms with E-state index in [2.05, 4.69) is 15.6 Å². The molecule has 1 aromatic carbocycles. The second-order valence-electron chi connectivity index (χ2n) is 6.76. The van der Waals surface area contributed by atoms with Crippen molar-refractivity contribution >= 4 is 23.2 Å². The maximum Gasteiger partial charge on any atom is 0.293 e. The van der Waals surface area contributed by atoms with Crippen LogP contribution in [0.15, 0.2) is 36.5 Å². The highest BCUT2D eigenvalue weighted by molar-refractivity contribution is 5.96. The van der Waals surface area contributed by atoms with Crippen molar-refractivity contribution in [1.29, 1.82) is 0 Å². The van der Waals surface area contributed by atoms with Crippen LogP contribution in [0.3, 0.4) is 0 Å². The molecule has 1 fully saturated rings. The summed E-state index contributed by atoms with van der Waals surface area (Å²) in [7, 11) is 0. The van der Waals surface area contributed by atoms with Gasteiger partial charge in [0.1, 0.15) is 5.69 Å². The van der Waals surface area contributed by atoms with Gasteiger partial charge in [-0.05, 0) is 31.2 Å². The van der Waals surface area contributed by atoms with Crippen LogP contribution in [0.2, 0.25) is 0 Å². The Morgan fingerprint density at radius 3 is 2.33 bits per heavy atom. The van der Waals surface area contributed by atoms with E-state index in [1.165, 1.54) is 12.3 Å². The zero-order chi connectivity index (χ0) is 21.5. The molecule has 10 heteroatoms. The van der Waals surface area contributed by atoms with E-state index in [1.54, 1.807) is 24.3 Å². The van der Waals surface area contributed by atoms with Crippen LogP contribution >= 0.6 is 0 Å². The number of benzene rings is 1. The monoisotopic (exact) mass is 413 g/mol. The van der Waals surface area contributed by atoms with Gasteiger partial charge in [0, 0.05) is 49.7 Å². The topological polar surface area (TPSA) is 127 Å². The number of nitrogens with one attached hydrogen (secondary N) is 2. The number of nitrogens with zero attached hydrogens (tertiary/aromatic N) is 3. The van der Waals surface area contributed by atoms with Crippen LogP contribution in [0.5, 0.6) is 0 Å². The molecule has 158 valence electrons. The van der Waals surface area contributed by atoms with E-state index in [0.29, 0.717) is 37.6 Å². The third-order valence-electron chi connectivity index (χ3n) is 4.66. The molecule has 0 unspecified atom stereocenters. The van der Waals surface area contributed by atoms with Crippen molar-refractivity contribution in [2.75, 3.05) is 44.3 Å². The van der Waals surface area contributed by atoms with Crippen molar-refractivity contribution in [1.82, 2.24) is 15.6 Å². The van der Waals surface area contributed by atoms with Crippen molar-refractivity contribution < 1.29 is 19.2 Å². The lowest BCUT2D eigenvalue weighted by Gasteiger charge is -2.28. The molecular formula is C20H23N5O5. The Bertz CT molecular complexity index is 926. The molecule has 1 saturated heterocycles. The molecule has 0 radical (unpaired) electrons. The van der Waals surface area contributed by atoms with E-state index < -0.39 is 10.8 Å². The fourth-order valence-electron chi connectivity index (χ4n) is 3.04. The number of anilines is 1. The number of hydrogen-bond acceptors (Lipinski definition) is 7. The van der Waals surface area contributed by atoms with Crippen molar-refractivity contribution in [3.05, 3.63) is 63.5 Å². The first-order chi connectivity index (χ1) is 14.5. The van der Waals surface area contributed by atoms with Crippen molar-refractivity contribution in [3.63, 3.8) is 0 Å². The first-order valence-corrected chi connectivity index (χ1v) is 9.56. The second-order valence-corrected chi connectivity index (χ2v) is 6.76. The standard InChI is InChI=1S/C20H23N5O5/c1-14-2-3-16(13-23-14)20(27)22-7-6-21-19(26)15-4-5-17(18(12-15)25(28)29)24-8-10-30-11-9-24/h2-5,12-13H,6-11H2,1H3,(H,21,26)(H,22,27). The fraction of sp³-hybridized carbons (Fsp3) is 0.350. The van der Waals surface area contributed by atoms with Crippen LogP contribution in [0, 0.1) is 17.0 Å². The average Bonchev–Trinajstić information content (AvgIpc) is 2.77. The molecule has 0 aliphatic carbocycles. The molecule has 0 spiro atoms. The Hall–Kier alpha value is -3.53. The van der Waals surface area contributed by atoms with Gasteiger partial charge in [-0.25, -0.2) is 0 Å². The molecule has 0 bridgehead atoms. The Morgan fingerprint density at radius 1 is 1.10 bits per heavy atom. The van der Waals surface area contributed by atoms with E-state index in [9.17, 15) is 19.7 Å². The molecule has 2 heterocycles. The minimum atomic E-state index is -0.489. The summed E-state index contributed by atoms with van der Waals surface area (Å²) in [6, 6.07) is 7.83. The summed E-state index contributed by atoms with van der Waals surface area (Å²) in [5.41, 5.74) is 1.78. The van der Waals surface area contributed by atoms with Crippen LogP contribution in [0.1, 0.15) is 26.4 Å². The molecule has 0 atom stereocenters. The van der Waals surface area contributed by atoms with Crippen LogP contribution in [-0.2, 0) is 4.74 Å². The van der Waals surface area contributed by atoms with E-state index in [0.717, 1.165) is 5.69 Å². The Labute approximate surface area is 173 Å². The number of pyridine rings is 1. The van der Waals surface area contributed by atoms with Crippen LogP contribution in [0.4, 0.5) is 11.4 Å². The quantitative estimate of drug-likeness (QED) is 0.398. The number of amides is 2. The highest BCUT2D eigenvalue weighted by Gasteiger charge is 2.23. The number of aryl methyl sites for hydroxylation is 1. The number of nitro groups is 1. The van der Waals surface area contributed by atoms with Crippen LogP contribution in [-0.4, -0.2) is 61.1 Å². The predicted octanol–water partition coefficient (Wildman–Crippen LogP) is 1.29. The van der Waals surface area contributed by atoms with Crippen molar-refractivity contribution in [2.45, 2.75) is 6.92 Å². The first kappa shape index (κ1) is 21.2. The molecule has 1 aliphatic heterocycles. The van der Waals surface area contributed by atoms with E-state index in [-0.39, 0.29) is 30.2 Å². The Balaban J connectivity index is 1.55. The van der Waals surface area contributed by atoms with Crippen molar-refractivity contribution in [3.8, 4) is 0 Å². The highest BCUT2D eigenvalue weighted by atomic mass is 16.6. The van der Waals surface area contributed by atoms with Gasteiger partial charge in [0.15, 0.2) is 0 Å². The van der Waals surface area contributed by atoms with Gasteiger partial charge in [-0.2, -0.15) is 0 Å². The van der Waals surface area contributed by atoms with Crippen molar-refractivity contribution in [2.24, 2.45) is 0 Å². The lowest BCUT2D eigenvalue weighted by atomic mass is 10.1. The normalized spacial score (nSPS) is 13.6. The van der Waals surface area contributed by atoms with Gasteiger partial charge in [-0.3, -0.25) is 24.7 Å². The molecule has 1 aliphatic rings. The number of carbonyl (C=O) groups is 2. The molecule has 30 heavy (non-hydrogen) atoms. The molecule has 0 saturated carbocycles. The SMILES string of the molecule is Cc1ccc(C(=O)NCCNC(=O)c2ccc(N3CCOCC3)c([N+](=O)[O-])c2)cn1. The average molecular weight is 413 g/mol. The summed E-state index contributed by atoms with van der Waals surface area (Å²) in [5, 5.41) is 16.8. The minimum Gasteiger partial charge on any atom is -0.378 e. The summed E-state index contributed by atoms with van der Waals surface area (Å²) in [5.74, 6) is -0.736.